The number of rotatable bonds is 10. The maximum atomic E-state index is 13.0. The largest absolute Gasteiger partial charge is 0.496 e. The molecule has 0 aliphatic heterocycles. The monoisotopic (exact) mass is 528 g/mol. The van der Waals surface area contributed by atoms with E-state index >= 15 is 0 Å². The minimum atomic E-state index is -3.79. The number of benzene rings is 3. The Hall–Kier alpha value is -4.38. The third-order valence-electron chi connectivity index (χ3n) is 5.52. The second-order valence-electron chi connectivity index (χ2n) is 7.93. The molecule has 0 saturated carbocycles. The molecule has 10 nitrogen and oxygen atoms in total. The number of hydrogen-bond donors (Lipinski definition) is 3. The number of nitrogen functional groups attached to an aromatic ring is 2. The second-order valence-corrected chi connectivity index (χ2v) is 9.81. The fourth-order valence-electron chi connectivity index (χ4n) is 3.85. The van der Waals surface area contributed by atoms with E-state index < -0.39 is 15.8 Å². The molecule has 0 fully saturated rings. The molecule has 0 unspecified atom stereocenters. The Balaban J connectivity index is 2.03. The molecule has 3 aromatic carbocycles. The van der Waals surface area contributed by atoms with Gasteiger partial charge in [-0.2, -0.15) is 0 Å². The third kappa shape index (κ3) is 6.07. The lowest BCUT2D eigenvalue weighted by atomic mass is 9.95. The SMILES string of the molecule is COc1cc(OC)c(C=CS(=O)(=O)Cc2ccc(OC)c(-c3c(N)cc(N)cc3C(=O)O)c2)c(OC)c1. The number of aromatic carboxylic acids is 1. The zero-order valence-electron chi connectivity index (χ0n) is 20.8. The van der Waals surface area contributed by atoms with E-state index in [0.29, 0.717) is 39.7 Å². The van der Waals surface area contributed by atoms with Crippen LogP contribution in [0.15, 0.2) is 47.9 Å². The van der Waals surface area contributed by atoms with E-state index in [1.165, 1.54) is 52.7 Å². The van der Waals surface area contributed by atoms with Crippen molar-refractivity contribution in [2.75, 3.05) is 39.9 Å². The normalized spacial score (nSPS) is 11.4. The number of methoxy groups -OCH3 is 4. The standard InChI is InChI=1S/C26H28N2O8S/c1-33-17-12-23(35-3)18(24(13-17)36-4)7-8-37(31,32)14-15-5-6-22(34-2)19(9-15)25-20(26(29)30)10-16(27)11-21(25)28/h5-13H,14,27-28H2,1-4H3,(H,29,30). The van der Waals surface area contributed by atoms with Gasteiger partial charge in [0.05, 0.1) is 45.3 Å². The Morgan fingerprint density at radius 2 is 1.51 bits per heavy atom. The first kappa shape index (κ1) is 27.2. The summed E-state index contributed by atoms with van der Waals surface area (Å²) in [6.45, 7) is 0. The molecule has 3 aromatic rings. The number of carboxylic acid groups (broad SMARTS) is 1. The molecule has 0 saturated heterocycles. The molecule has 0 aliphatic carbocycles. The van der Waals surface area contributed by atoms with Crippen LogP contribution in [-0.2, 0) is 15.6 Å². The van der Waals surface area contributed by atoms with Crippen molar-refractivity contribution in [3.63, 3.8) is 0 Å². The first-order chi connectivity index (χ1) is 17.5. The van der Waals surface area contributed by atoms with Crippen molar-refractivity contribution in [1.29, 1.82) is 0 Å². The van der Waals surface area contributed by atoms with Crippen LogP contribution in [0.25, 0.3) is 17.2 Å². The highest BCUT2D eigenvalue weighted by Crippen LogP contribution is 2.39. The number of hydrogen-bond acceptors (Lipinski definition) is 9. The van der Waals surface area contributed by atoms with Gasteiger partial charge >= 0.3 is 5.97 Å². The average molecular weight is 529 g/mol. The molecule has 0 amide bonds. The van der Waals surface area contributed by atoms with Gasteiger partial charge in [-0.1, -0.05) is 6.07 Å². The van der Waals surface area contributed by atoms with Gasteiger partial charge in [0.15, 0.2) is 9.84 Å². The lowest BCUT2D eigenvalue weighted by Gasteiger charge is -2.16. The van der Waals surface area contributed by atoms with Gasteiger partial charge in [-0.3, -0.25) is 0 Å². The molecular weight excluding hydrogens is 500 g/mol. The number of nitrogens with two attached hydrogens (primary N) is 2. The predicted molar refractivity (Wildman–Crippen MR) is 142 cm³/mol. The maximum absolute atomic E-state index is 13.0. The van der Waals surface area contributed by atoms with Crippen LogP contribution >= 0.6 is 0 Å². The smallest absolute Gasteiger partial charge is 0.336 e. The molecule has 0 atom stereocenters. The van der Waals surface area contributed by atoms with Crippen molar-refractivity contribution < 1.29 is 37.3 Å². The van der Waals surface area contributed by atoms with Gasteiger partial charge < -0.3 is 35.5 Å². The zero-order valence-corrected chi connectivity index (χ0v) is 21.6. The fourth-order valence-corrected chi connectivity index (χ4v) is 4.93. The van der Waals surface area contributed by atoms with Gasteiger partial charge in [0, 0.05) is 40.0 Å². The van der Waals surface area contributed by atoms with E-state index in [0.717, 1.165) is 5.41 Å². The number of anilines is 2. The number of carbonyl (C=O) groups is 1. The van der Waals surface area contributed by atoms with Crippen LogP contribution in [0.5, 0.6) is 23.0 Å². The van der Waals surface area contributed by atoms with Crippen LogP contribution in [0, 0.1) is 0 Å². The first-order valence-electron chi connectivity index (χ1n) is 10.8. The van der Waals surface area contributed by atoms with Crippen LogP contribution < -0.4 is 30.4 Å². The summed E-state index contributed by atoms with van der Waals surface area (Å²) in [4.78, 5) is 11.9. The summed E-state index contributed by atoms with van der Waals surface area (Å²) in [6, 6.07) is 10.6. The van der Waals surface area contributed by atoms with Crippen molar-refractivity contribution in [1.82, 2.24) is 0 Å². The number of carboxylic acids is 1. The van der Waals surface area contributed by atoms with Crippen LogP contribution in [0.4, 0.5) is 11.4 Å². The van der Waals surface area contributed by atoms with Crippen molar-refractivity contribution >= 4 is 33.3 Å². The summed E-state index contributed by atoms with van der Waals surface area (Å²) < 4.78 is 47.4. The van der Waals surface area contributed by atoms with Crippen LogP contribution in [0.2, 0.25) is 0 Å². The summed E-state index contributed by atoms with van der Waals surface area (Å²) in [5.41, 5.74) is 13.4. The Morgan fingerprint density at radius 3 is 2.05 bits per heavy atom. The Labute approximate surface area is 214 Å². The van der Waals surface area contributed by atoms with Gasteiger partial charge in [-0.15, -0.1) is 0 Å². The quantitative estimate of drug-likeness (QED) is 0.330. The van der Waals surface area contributed by atoms with E-state index in [1.807, 2.05) is 0 Å². The second kappa shape index (κ2) is 11.1. The topological polar surface area (TPSA) is 160 Å². The lowest BCUT2D eigenvalue weighted by molar-refractivity contribution is 0.0697. The zero-order chi connectivity index (χ0) is 27.3. The van der Waals surface area contributed by atoms with Crippen molar-refractivity contribution in [2.45, 2.75) is 5.75 Å². The number of ether oxygens (including phenoxy) is 4. The summed E-state index contributed by atoms with van der Waals surface area (Å²) in [6.07, 6.45) is 1.39. The van der Waals surface area contributed by atoms with Gasteiger partial charge in [-0.05, 0) is 35.9 Å². The molecule has 0 aromatic heterocycles. The molecule has 0 radical (unpaired) electrons. The first-order valence-corrected chi connectivity index (χ1v) is 12.6. The van der Waals surface area contributed by atoms with E-state index in [9.17, 15) is 18.3 Å². The molecule has 0 heterocycles. The lowest BCUT2D eigenvalue weighted by Crippen LogP contribution is -2.06. The Morgan fingerprint density at radius 1 is 0.892 bits per heavy atom. The summed E-state index contributed by atoms with van der Waals surface area (Å²) in [7, 11) is 2.02. The summed E-state index contributed by atoms with van der Waals surface area (Å²) in [5.74, 6) is -0.0628. The highest BCUT2D eigenvalue weighted by molar-refractivity contribution is 7.93. The van der Waals surface area contributed by atoms with E-state index in [4.69, 9.17) is 30.4 Å². The van der Waals surface area contributed by atoms with Gasteiger partial charge in [-0.25, -0.2) is 13.2 Å². The van der Waals surface area contributed by atoms with Crippen molar-refractivity contribution in [2.24, 2.45) is 0 Å². The Bertz CT molecular complexity index is 1440. The van der Waals surface area contributed by atoms with E-state index in [2.05, 4.69) is 0 Å². The molecule has 5 N–H and O–H groups in total. The minimum Gasteiger partial charge on any atom is -0.496 e. The highest BCUT2D eigenvalue weighted by atomic mass is 32.2. The van der Waals surface area contributed by atoms with Gasteiger partial charge in [0.1, 0.15) is 23.0 Å². The van der Waals surface area contributed by atoms with Gasteiger partial charge in [0.2, 0.25) is 0 Å². The molecule has 0 spiro atoms. The summed E-state index contributed by atoms with van der Waals surface area (Å²) in [5, 5.41) is 10.8. The fraction of sp³-hybridized carbons (Fsp3) is 0.192. The Kier molecular flexibility index (Phi) is 8.18. The molecule has 0 aliphatic rings. The predicted octanol–water partition coefficient (Wildman–Crippen LogP) is 3.84. The third-order valence-corrected chi connectivity index (χ3v) is 6.80. The molecule has 196 valence electrons. The van der Waals surface area contributed by atoms with Crippen LogP contribution in [-0.4, -0.2) is 47.9 Å². The van der Waals surface area contributed by atoms with Crippen LogP contribution in [0.1, 0.15) is 21.5 Å². The minimum absolute atomic E-state index is 0.120. The van der Waals surface area contributed by atoms with E-state index in [-0.39, 0.29) is 28.3 Å². The molecule has 11 heteroatoms. The molecule has 0 bridgehead atoms. The van der Waals surface area contributed by atoms with Gasteiger partial charge in [0.25, 0.3) is 0 Å². The van der Waals surface area contributed by atoms with Crippen molar-refractivity contribution in [3.8, 4) is 34.1 Å². The summed E-state index contributed by atoms with van der Waals surface area (Å²) >= 11 is 0. The molecule has 3 rings (SSSR count). The average Bonchev–Trinajstić information content (AvgIpc) is 2.86. The molecular formula is C26H28N2O8S. The van der Waals surface area contributed by atoms with Crippen LogP contribution in [0.3, 0.4) is 0 Å². The molecule has 37 heavy (non-hydrogen) atoms. The number of sulfone groups is 1. The van der Waals surface area contributed by atoms with E-state index in [1.54, 1.807) is 24.3 Å². The maximum Gasteiger partial charge on any atom is 0.336 e. The van der Waals surface area contributed by atoms with Crippen molar-refractivity contribution in [3.05, 3.63) is 64.6 Å². The highest BCUT2D eigenvalue weighted by Gasteiger charge is 2.21.